The highest BCUT2D eigenvalue weighted by molar-refractivity contribution is 7.13. The Bertz CT molecular complexity index is 677. The largest absolute Gasteiger partial charge is 0.342 e. The smallest absolute Gasteiger partial charge is 0.261 e. The number of nitrogens with one attached hydrogen (secondary N) is 2. The number of hydrogen-bond donors (Lipinski definition) is 2. The van der Waals surface area contributed by atoms with Gasteiger partial charge in [-0.05, 0) is 50.1 Å². The zero-order valence-corrected chi connectivity index (χ0v) is 13.1. The van der Waals surface area contributed by atoms with Crippen LogP contribution >= 0.6 is 11.3 Å². The SMILES string of the molecule is Cc1ccc(C)c(NC(=O)CNC(=O)c2ccc(C)s2)c1. The Labute approximate surface area is 128 Å². The van der Waals surface area contributed by atoms with Gasteiger partial charge in [0.2, 0.25) is 5.91 Å². The van der Waals surface area contributed by atoms with E-state index in [4.69, 9.17) is 0 Å². The molecule has 2 aromatic rings. The molecular weight excluding hydrogens is 284 g/mol. The van der Waals surface area contributed by atoms with E-state index < -0.39 is 0 Å². The number of benzene rings is 1. The van der Waals surface area contributed by atoms with Gasteiger partial charge < -0.3 is 10.6 Å². The Morgan fingerprint density at radius 3 is 2.52 bits per heavy atom. The quantitative estimate of drug-likeness (QED) is 0.912. The van der Waals surface area contributed by atoms with Gasteiger partial charge >= 0.3 is 0 Å². The minimum atomic E-state index is -0.231. The van der Waals surface area contributed by atoms with Crippen molar-refractivity contribution >= 4 is 28.8 Å². The topological polar surface area (TPSA) is 58.2 Å². The predicted molar refractivity (Wildman–Crippen MR) is 85.9 cm³/mol. The minimum Gasteiger partial charge on any atom is -0.342 e. The highest BCUT2D eigenvalue weighted by Gasteiger charge is 2.10. The van der Waals surface area contributed by atoms with E-state index in [1.807, 2.05) is 45.0 Å². The van der Waals surface area contributed by atoms with Gasteiger partial charge in [0, 0.05) is 10.6 Å². The van der Waals surface area contributed by atoms with Crippen molar-refractivity contribution in [2.75, 3.05) is 11.9 Å². The summed E-state index contributed by atoms with van der Waals surface area (Å²) in [5.74, 6) is -0.449. The first-order valence-corrected chi connectivity index (χ1v) is 7.49. The van der Waals surface area contributed by atoms with Crippen LogP contribution in [0, 0.1) is 20.8 Å². The summed E-state index contributed by atoms with van der Waals surface area (Å²) in [7, 11) is 0. The third-order valence-electron chi connectivity index (χ3n) is 3.04. The number of carbonyl (C=O) groups excluding carboxylic acids is 2. The lowest BCUT2D eigenvalue weighted by atomic mass is 10.1. The van der Waals surface area contributed by atoms with Crippen LogP contribution in [0.3, 0.4) is 0 Å². The highest BCUT2D eigenvalue weighted by atomic mass is 32.1. The third-order valence-corrected chi connectivity index (χ3v) is 4.04. The molecule has 110 valence electrons. The van der Waals surface area contributed by atoms with Crippen LogP contribution in [-0.4, -0.2) is 18.4 Å². The molecule has 2 amide bonds. The molecule has 21 heavy (non-hydrogen) atoms. The highest BCUT2D eigenvalue weighted by Crippen LogP contribution is 2.16. The zero-order valence-electron chi connectivity index (χ0n) is 12.3. The number of amides is 2. The maximum Gasteiger partial charge on any atom is 0.261 e. The van der Waals surface area contributed by atoms with Crippen molar-refractivity contribution in [1.82, 2.24) is 5.32 Å². The number of hydrogen-bond acceptors (Lipinski definition) is 3. The van der Waals surface area contributed by atoms with Crippen LogP contribution < -0.4 is 10.6 Å². The van der Waals surface area contributed by atoms with E-state index >= 15 is 0 Å². The van der Waals surface area contributed by atoms with Crippen molar-refractivity contribution in [2.24, 2.45) is 0 Å². The van der Waals surface area contributed by atoms with Gasteiger partial charge in [0.25, 0.3) is 5.91 Å². The second kappa shape index (κ2) is 6.54. The Balaban J connectivity index is 1.90. The van der Waals surface area contributed by atoms with Crippen LogP contribution in [0.15, 0.2) is 30.3 Å². The van der Waals surface area contributed by atoms with E-state index in [2.05, 4.69) is 10.6 Å². The van der Waals surface area contributed by atoms with E-state index in [1.165, 1.54) is 11.3 Å². The summed E-state index contributed by atoms with van der Waals surface area (Å²) in [5, 5.41) is 5.44. The van der Waals surface area contributed by atoms with Gasteiger partial charge in [-0.15, -0.1) is 11.3 Å². The second-order valence-electron chi connectivity index (χ2n) is 4.96. The first kappa shape index (κ1) is 15.3. The van der Waals surface area contributed by atoms with Gasteiger partial charge in [-0.25, -0.2) is 0 Å². The lowest BCUT2D eigenvalue weighted by Gasteiger charge is -2.09. The molecule has 5 heteroatoms. The van der Waals surface area contributed by atoms with E-state index in [9.17, 15) is 9.59 Å². The fraction of sp³-hybridized carbons (Fsp3) is 0.250. The molecule has 0 saturated heterocycles. The molecule has 4 nitrogen and oxygen atoms in total. The lowest BCUT2D eigenvalue weighted by molar-refractivity contribution is -0.115. The molecule has 0 fully saturated rings. The average Bonchev–Trinajstić information content (AvgIpc) is 2.87. The summed E-state index contributed by atoms with van der Waals surface area (Å²) in [6.07, 6.45) is 0. The fourth-order valence-corrected chi connectivity index (χ4v) is 2.65. The Hall–Kier alpha value is -2.14. The van der Waals surface area contributed by atoms with Crippen molar-refractivity contribution in [3.8, 4) is 0 Å². The summed E-state index contributed by atoms with van der Waals surface area (Å²) in [6, 6.07) is 9.51. The molecule has 0 aliphatic heterocycles. The van der Waals surface area contributed by atoms with Crippen molar-refractivity contribution in [1.29, 1.82) is 0 Å². The Morgan fingerprint density at radius 2 is 1.86 bits per heavy atom. The van der Waals surface area contributed by atoms with Gasteiger partial charge in [-0.3, -0.25) is 9.59 Å². The van der Waals surface area contributed by atoms with E-state index in [-0.39, 0.29) is 18.4 Å². The van der Waals surface area contributed by atoms with Crippen molar-refractivity contribution in [3.63, 3.8) is 0 Å². The fourth-order valence-electron chi connectivity index (χ4n) is 1.87. The first-order valence-electron chi connectivity index (χ1n) is 6.67. The molecule has 2 N–H and O–H groups in total. The number of rotatable bonds is 4. The molecule has 0 spiro atoms. The van der Waals surface area contributed by atoms with Crippen LogP contribution in [-0.2, 0) is 4.79 Å². The van der Waals surface area contributed by atoms with Gasteiger partial charge in [0.05, 0.1) is 11.4 Å². The van der Waals surface area contributed by atoms with E-state index in [0.29, 0.717) is 4.88 Å². The molecular formula is C16H18N2O2S. The standard InChI is InChI=1S/C16H18N2O2S/c1-10-4-5-11(2)13(8-10)18-15(19)9-17-16(20)14-7-6-12(3)21-14/h4-8H,9H2,1-3H3,(H,17,20)(H,18,19). The predicted octanol–water partition coefficient (Wildman–Crippen LogP) is 3.04. The van der Waals surface area contributed by atoms with Crippen LogP contribution in [0.5, 0.6) is 0 Å². The number of carbonyl (C=O) groups is 2. The van der Waals surface area contributed by atoms with Gasteiger partial charge in [-0.1, -0.05) is 12.1 Å². The maximum absolute atomic E-state index is 11.9. The second-order valence-corrected chi connectivity index (χ2v) is 6.25. The average molecular weight is 302 g/mol. The molecule has 0 saturated carbocycles. The zero-order chi connectivity index (χ0) is 15.4. The van der Waals surface area contributed by atoms with Gasteiger partial charge in [0.1, 0.15) is 0 Å². The molecule has 0 aliphatic rings. The normalized spacial score (nSPS) is 10.2. The Kier molecular flexibility index (Phi) is 4.75. The molecule has 0 aliphatic carbocycles. The lowest BCUT2D eigenvalue weighted by Crippen LogP contribution is -2.32. The summed E-state index contributed by atoms with van der Waals surface area (Å²) < 4.78 is 0. The molecule has 0 radical (unpaired) electrons. The number of aryl methyl sites for hydroxylation is 3. The number of thiophene rings is 1. The summed E-state index contributed by atoms with van der Waals surface area (Å²) in [4.78, 5) is 25.4. The summed E-state index contributed by atoms with van der Waals surface area (Å²) in [6.45, 7) is 5.80. The van der Waals surface area contributed by atoms with Crippen molar-refractivity contribution in [2.45, 2.75) is 20.8 Å². The Morgan fingerprint density at radius 1 is 1.10 bits per heavy atom. The molecule has 0 unspecified atom stereocenters. The van der Waals surface area contributed by atoms with Crippen molar-refractivity contribution in [3.05, 3.63) is 51.2 Å². The molecule has 1 aromatic heterocycles. The minimum absolute atomic E-state index is 0.0385. The van der Waals surface area contributed by atoms with Crippen LogP contribution in [0.4, 0.5) is 5.69 Å². The molecule has 2 rings (SSSR count). The summed E-state index contributed by atoms with van der Waals surface area (Å²) >= 11 is 1.41. The van der Waals surface area contributed by atoms with Gasteiger partial charge in [0.15, 0.2) is 0 Å². The van der Waals surface area contributed by atoms with E-state index in [0.717, 1.165) is 21.7 Å². The molecule has 1 heterocycles. The third kappa shape index (κ3) is 4.16. The van der Waals surface area contributed by atoms with E-state index in [1.54, 1.807) is 6.07 Å². The van der Waals surface area contributed by atoms with Crippen LogP contribution in [0.25, 0.3) is 0 Å². The first-order chi connectivity index (χ1) is 9.95. The molecule has 0 atom stereocenters. The van der Waals surface area contributed by atoms with Crippen molar-refractivity contribution < 1.29 is 9.59 Å². The van der Waals surface area contributed by atoms with Crippen LogP contribution in [0.1, 0.15) is 25.7 Å². The number of anilines is 1. The van der Waals surface area contributed by atoms with Crippen LogP contribution in [0.2, 0.25) is 0 Å². The molecule has 1 aromatic carbocycles. The van der Waals surface area contributed by atoms with Gasteiger partial charge in [-0.2, -0.15) is 0 Å². The maximum atomic E-state index is 11.9. The molecule has 0 bridgehead atoms. The summed E-state index contributed by atoms with van der Waals surface area (Å²) in [5.41, 5.74) is 2.85. The monoisotopic (exact) mass is 302 g/mol.